The second-order valence-electron chi connectivity index (χ2n) is 6.35. The first-order valence-corrected chi connectivity index (χ1v) is 9.00. The Kier molecular flexibility index (Phi) is 6.17. The Balaban J connectivity index is 1.48. The van der Waals surface area contributed by atoms with Crippen molar-refractivity contribution in [2.24, 2.45) is 4.99 Å². The van der Waals surface area contributed by atoms with Crippen LogP contribution >= 0.6 is 0 Å². The highest BCUT2D eigenvalue weighted by atomic mass is 14.8. The minimum atomic E-state index is 0.270. The van der Waals surface area contributed by atoms with Gasteiger partial charge in [-0.05, 0) is 42.2 Å². The third kappa shape index (κ3) is 4.90. The van der Waals surface area contributed by atoms with E-state index in [4.69, 9.17) is 4.99 Å². The van der Waals surface area contributed by atoms with E-state index in [1.807, 2.05) is 6.08 Å². The molecule has 2 unspecified atom stereocenters. The largest absolute Gasteiger partial charge is 0.290 e. The van der Waals surface area contributed by atoms with Crippen molar-refractivity contribution in [2.45, 2.75) is 31.2 Å². The zero-order valence-corrected chi connectivity index (χ0v) is 14.6. The topological polar surface area (TPSA) is 12.4 Å². The van der Waals surface area contributed by atoms with Crippen LogP contribution in [0.2, 0.25) is 0 Å². The van der Waals surface area contributed by atoms with E-state index in [1.165, 1.54) is 16.7 Å². The monoisotopic (exact) mass is 327 g/mol. The summed E-state index contributed by atoms with van der Waals surface area (Å²) in [6, 6.07) is 21.4. The van der Waals surface area contributed by atoms with Crippen molar-refractivity contribution in [3.63, 3.8) is 0 Å². The molecule has 0 saturated heterocycles. The molecular weight excluding hydrogens is 302 g/mol. The summed E-state index contributed by atoms with van der Waals surface area (Å²) in [5.74, 6) is 0.402. The standard InChI is InChI=1S/C24H25N/c1-2-20(21-10-5-3-6-11-21)14-9-19-25-24-17-15-23(16-18-24)22-12-7-4-8-13-22/h2-8,10-13,15-17,19-20,24H,1,9,14,18H2. The van der Waals surface area contributed by atoms with Crippen molar-refractivity contribution in [1.29, 1.82) is 0 Å². The summed E-state index contributed by atoms with van der Waals surface area (Å²) in [6.45, 7) is 3.98. The highest BCUT2D eigenvalue weighted by molar-refractivity contribution is 5.75. The van der Waals surface area contributed by atoms with Crippen LogP contribution in [-0.4, -0.2) is 12.3 Å². The van der Waals surface area contributed by atoms with Crippen LogP contribution in [0.25, 0.3) is 5.57 Å². The summed E-state index contributed by atoms with van der Waals surface area (Å²) in [6.07, 6.45) is 13.8. The SMILES string of the molecule is C=CC(CCC=NC1C=CC(c2ccccc2)=CC1)c1ccccc1. The molecule has 0 aliphatic heterocycles. The fourth-order valence-electron chi connectivity index (χ4n) is 3.15. The molecule has 0 radical (unpaired) electrons. The lowest BCUT2D eigenvalue weighted by Gasteiger charge is -2.13. The van der Waals surface area contributed by atoms with Gasteiger partial charge in [0.2, 0.25) is 0 Å². The molecule has 25 heavy (non-hydrogen) atoms. The van der Waals surface area contributed by atoms with E-state index < -0.39 is 0 Å². The van der Waals surface area contributed by atoms with Crippen LogP contribution in [0, 0.1) is 0 Å². The van der Waals surface area contributed by atoms with Crippen molar-refractivity contribution < 1.29 is 0 Å². The number of hydrogen-bond acceptors (Lipinski definition) is 1. The molecule has 0 fully saturated rings. The van der Waals surface area contributed by atoms with Gasteiger partial charge in [-0.3, -0.25) is 4.99 Å². The average molecular weight is 327 g/mol. The molecular formula is C24H25N. The zero-order chi connectivity index (χ0) is 17.3. The quantitative estimate of drug-likeness (QED) is 0.423. The molecule has 1 aliphatic rings. The molecule has 2 aromatic carbocycles. The number of rotatable bonds is 7. The predicted molar refractivity (Wildman–Crippen MR) is 109 cm³/mol. The fraction of sp³-hybridized carbons (Fsp3) is 0.208. The van der Waals surface area contributed by atoms with Crippen molar-refractivity contribution >= 4 is 11.8 Å². The molecule has 0 spiro atoms. The Hall–Kier alpha value is -2.67. The van der Waals surface area contributed by atoms with Gasteiger partial charge in [-0.25, -0.2) is 0 Å². The smallest absolute Gasteiger partial charge is 0.0713 e. The Bertz CT molecular complexity index is 753. The first kappa shape index (κ1) is 17.2. The average Bonchev–Trinajstić information content (AvgIpc) is 2.70. The number of nitrogens with zero attached hydrogens (tertiary/aromatic N) is 1. The van der Waals surface area contributed by atoms with Crippen molar-refractivity contribution in [2.75, 3.05) is 0 Å². The summed E-state index contributed by atoms with van der Waals surface area (Å²) in [7, 11) is 0. The Morgan fingerprint density at radius 1 is 1.04 bits per heavy atom. The van der Waals surface area contributed by atoms with E-state index in [0.717, 1.165) is 19.3 Å². The van der Waals surface area contributed by atoms with E-state index in [0.29, 0.717) is 5.92 Å². The molecule has 3 rings (SSSR count). The van der Waals surface area contributed by atoms with Gasteiger partial charge in [0, 0.05) is 5.92 Å². The van der Waals surface area contributed by atoms with Crippen LogP contribution < -0.4 is 0 Å². The van der Waals surface area contributed by atoms with E-state index in [1.54, 1.807) is 0 Å². The van der Waals surface area contributed by atoms with Crippen LogP contribution in [-0.2, 0) is 0 Å². The molecule has 2 atom stereocenters. The summed E-state index contributed by atoms with van der Waals surface area (Å²) in [4.78, 5) is 4.72. The van der Waals surface area contributed by atoms with Crippen molar-refractivity contribution in [3.8, 4) is 0 Å². The van der Waals surface area contributed by atoms with Crippen molar-refractivity contribution in [3.05, 3.63) is 103 Å². The lowest BCUT2D eigenvalue weighted by Crippen LogP contribution is -2.03. The van der Waals surface area contributed by atoms with Gasteiger partial charge in [0.15, 0.2) is 0 Å². The van der Waals surface area contributed by atoms with Crippen LogP contribution in [0.4, 0.5) is 0 Å². The molecule has 1 heteroatoms. The van der Waals surface area contributed by atoms with Gasteiger partial charge in [0.25, 0.3) is 0 Å². The maximum absolute atomic E-state index is 4.72. The number of aliphatic imine (C=N–C) groups is 1. The minimum Gasteiger partial charge on any atom is -0.290 e. The normalized spacial score (nSPS) is 18.1. The number of hydrogen-bond donors (Lipinski definition) is 0. The van der Waals surface area contributed by atoms with E-state index in [9.17, 15) is 0 Å². The van der Waals surface area contributed by atoms with E-state index in [2.05, 4.69) is 91.7 Å². The van der Waals surface area contributed by atoms with Crippen molar-refractivity contribution in [1.82, 2.24) is 0 Å². The summed E-state index contributed by atoms with van der Waals surface area (Å²) in [5, 5.41) is 0. The molecule has 126 valence electrons. The van der Waals surface area contributed by atoms with Crippen LogP contribution in [0.3, 0.4) is 0 Å². The van der Waals surface area contributed by atoms with Crippen LogP contribution in [0.15, 0.2) is 96.5 Å². The zero-order valence-electron chi connectivity index (χ0n) is 14.6. The molecule has 0 saturated carbocycles. The molecule has 0 heterocycles. The molecule has 0 aromatic heterocycles. The fourth-order valence-corrected chi connectivity index (χ4v) is 3.15. The lowest BCUT2D eigenvalue weighted by atomic mass is 9.94. The molecule has 1 aliphatic carbocycles. The molecule has 2 aromatic rings. The third-order valence-electron chi connectivity index (χ3n) is 4.60. The molecule has 0 N–H and O–H groups in total. The first-order chi connectivity index (χ1) is 12.4. The maximum Gasteiger partial charge on any atom is 0.0713 e. The van der Waals surface area contributed by atoms with Gasteiger partial charge < -0.3 is 0 Å². The minimum absolute atomic E-state index is 0.270. The van der Waals surface area contributed by atoms with Gasteiger partial charge in [0.1, 0.15) is 0 Å². The van der Waals surface area contributed by atoms with E-state index >= 15 is 0 Å². The highest BCUT2D eigenvalue weighted by Crippen LogP contribution is 2.23. The second-order valence-corrected chi connectivity index (χ2v) is 6.35. The Morgan fingerprint density at radius 2 is 1.76 bits per heavy atom. The molecule has 0 bridgehead atoms. The maximum atomic E-state index is 4.72. The Labute approximate surface area is 151 Å². The molecule has 1 nitrogen and oxygen atoms in total. The van der Waals surface area contributed by atoms with Crippen LogP contribution in [0.1, 0.15) is 36.3 Å². The Morgan fingerprint density at radius 3 is 2.40 bits per heavy atom. The van der Waals surface area contributed by atoms with Crippen LogP contribution in [0.5, 0.6) is 0 Å². The van der Waals surface area contributed by atoms with Gasteiger partial charge in [-0.2, -0.15) is 0 Å². The molecule has 0 amide bonds. The predicted octanol–water partition coefficient (Wildman–Crippen LogP) is 6.22. The van der Waals surface area contributed by atoms with Gasteiger partial charge in [0.05, 0.1) is 6.04 Å². The number of allylic oxidation sites excluding steroid dienone is 3. The number of benzene rings is 2. The summed E-state index contributed by atoms with van der Waals surface area (Å²) in [5.41, 5.74) is 3.90. The van der Waals surface area contributed by atoms with E-state index in [-0.39, 0.29) is 6.04 Å². The van der Waals surface area contributed by atoms with Gasteiger partial charge in [-0.15, -0.1) is 6.58 Å². The summed E-state index contributed by atoms with van der Waals surface area (Å²) < 4.78 is 0. The van der Waals surface area contributed by atoms with Gasteiger partial charge in [-0.1, -0.05) is 85.0 Å². The summed E-state index contributed by atoms with van der Waals surface area (Å²) >= 11 is 0. The third-order valence-corrected chi connectivity index (χ3v) is 4.60. The second kappa shape index (κ2) is 8.98. The van der Waals surface area contributed by atoms with Gasteiger partial charge >= 0.3 is 0 Å². The lowest BCUT2D eigenvalue weighted by molar-refractivity contribution is 0.764. The highest BCUT2D eigenvalue weighted by Gasteiger charge is 2.08. The first-order valence-electron chi connectivity index (χ1n) is 9.00.